The van der Waals surface area contributed by atoms with E-state index in [-0.39, 0.29) is 0 Å². The Balaban J connectivity index is 1.69. The molecular formula is C33H17N5. The predicted molar refractivity (Wildman–Crippen MR) is 149 cm³/mol. The van der Waals surface area contributed by atoms with Crippen molar-refractivity contribution in [3.05, 3.63) is 120 Å². The van der Waals surface area contributed by atoms with Crippen LogP contribution in [0.1, 0.15) is 16.7 Å². The van der Waals surface area contributed by atoms with Crippen LogP contribution in [0, 0.1) is 34.0 Å². The first kappa shape index (κ1) is 21.5. The largest absolute Gasteiger partial charge is 0.309 e. The topological polar surface area (TPSA) is 81.2 Å². The van der Waals surface area contributed by atoms with Crippen LogP contribution in [-0.4, -0.2) is 9.13 Å². The Bertz CT molecular complexity index is 2180. The molecule has 7 rings (SSSR count). The van der Waals surface area contributed by atoms with Gasteiger partial charge in [-0.3, -0.25) is 0 Å². The zero-order valence-electron chi connectivity index (χ0n) is 20.1. The van der Waals surface area contributed by atoms with Gasteiger partial charge in [0.1, 0.15) is 12.1 Å². The molecule has 174 valence electrons. The van der Waals surface area contributed by atoms with Crippen molar-refractivity contribution in [1.82, 2.24) is 9.13 Å². The van der Waals surface area contributed by atoms with Gasteiger partial charge in [0.2, 0.25) is 0 Å². The highest BCUT2D eigenvalue weighted by molar-refractivity contribution is 6.19. The van der Waals surface area contributed by atoms with Gasteiger partial charge >= 0.3 is 0 Å². The molecule has 5 nitrogen and oxygen atoms in total. The molecule has 5 aromatic carbocycles. The highest BCUT2D eigenvalue weighted by Gasteiger charge is 2.21. The van der Waals surface area contributed by atoms with Crippen LogP contribution in [0.25, 0.3) is 55.0 Å². The third-order valence-electron chi connectivity index (χ3n) is 7.22. The van der Waals surface area contributed by atoms with E-state index in [1.165, 1.54) is 0 Å². The molecule has 0 unspecified atom stereocenters. The van der Waals surface area contributed by atoms with E-state index < -0.39 is 0 Å². The van der Waals surface area contributed by atoms with Gasteiger partial charge in [-0.05, 0) is 60.7 Å². The minimum Gasteiger partial charge on any atom is -0.309 e. The first-order valence-electron chi connectivity index (χ1n) is 12.1. The molecule has 0 N–H and O–H groups in total. The molecule has 0 fully saturated rings. The van der Waals surface area contributed by atoms with Crippen LogP contribution in [0.3, 0.4) is 0 Å². The molecule has 7 aromatic rings. The van der Waals surface area contributed by atoms with Gasteiger partial charge in [-0.2, -0.15) is 15.8 Å². The van der Waals surface area contributed by atoms with E-state index in [4.69, 9.17) is 0 Å². The zero-order valence-corrected chi connectivity index (χ0v) is 20.1. The lowest BCUT2D eigenvalue weighted by Crippen LogP contribution is -2.01. The smallest absolute Gasteiger partial charge is 0.101 e. The normalized spacial score (nSPS) is 11.1. The van der Waals surface area contributed by atoms with Gasteiger partial charge in [-0.1, -0.05) is 42.5 Å². The van der Waals surface area contributed by atoms with Crippen molar-refractivity contribution in [2.45, 2.75) is 0 Å². The van der Waals surface area contributed by atoms with Gasteiger partial charge < -0.3 is 9.13 Å². The summed E-state index contributed by atoms with van der Waals surface area (Å²) < 4.78 is 4.25. The van der Waals surface area contributed by atoms with Crippen molar-refractivity contribution in [1.29, 1.82) is 15.8 Å². The summed E-state index contributed by atoms with van der Waals surface area (Å²) in [5.74, 6) is 0. The number of hydrogen-bond acceptors (Lipinski definition) is 3. The van der Waals surface area contributed by atoms with Crippen LogP contribution in [0.15, 0.2) is 103 Å². The molecule has 0 saturated heterocycles. The van der Waals surface area contributed by atoms with Gasteiger partial charge in [0, 0.05) is 27.2 Å². The van der Waals surface area contributed by atoms with Crippen LogP contribution in [0.4, 0.5) is 0 Å². The molecule has 2 heterocycles. The van der Waals surface area contributed by atoms with Crippen molar-refractivity contribution in [2.75, 3.05) is 0 Å². The standard InChI is InChI=1S/C33H17N5/c34-18-21-12-14-24(15-13-21)37-29-10-3-1-8-25(29)27-16-28-26-9-2-4-11-30(26)38(32(28)17-31(27)37)33-22(19-35)6-5-7-23(33)20-36/h1-17H. The van der Waals surface area contributed by atoms with Crippen LogP contribution in [0.5, 0.6) is 0 Å². The van der Waals surface area contributed by atoms with E-state index in [9.17, 15) is 15.8 Å². The number of benzene rings is 5. The lowest BCUT2D eigenvalue weighted by atomic mass is 10.1. The molecule has 5 heteroatoms. The van der Waals surface area contributed by atoms with Crippen LogP contribution < -0.4 is 0 Å². The molecule has 0 aliphatic carbocycles. The van der Waals surface area contributed by atoms with E-state index in [2.05, 4.69) is 53.1 Å². The van der Waals surface area contributed by atoms with Gasteiger partial charge in [0.25, 0.3) is 0 Å². The summed E-state index contributed by atoms with van der Waals surface area (Å²) in [5, 5.41) is 33.6. The molecule has 0 atom stereocenters. The van der Waals surface area contributed by atoms with Gasteiger partial charge in [0.15, 0.2) is 0 Å². The Hall–Kier alpha value is -5.83. The van der Waals surface area contributed by atoms with Crippen molar-refractivity contribution < 1.29 is 0 Å². The fourth-order valence-electron chi connectivity index (χ4n) is 5.60. The molecule has 0 spiro atoms. The molecule has 2 aromatic heterocycles. The monoisotopic (exact) mass is 483 g/mol. The minimum atomic E-state index is 0.444. The van der Waals surface area contributed by atoms with Crippen molar-refractivity contribution in [3.63, 3.8) is 0 Å². The average molecular weight is 484 g/mol. The van der Waals surface area contributed by atoms with E-state index in [0.717, 1.165) is 49.3 Å². The summed E-state index contributed by atoms with van der Waals surface area (Å²) in [4.78, 5) is 0. The molecule has 0 bridgehead atoms. The lowest BCUT2D eigenvalue weighted by molar-refractivity contribution is 1.15. The molecule has 0 saturated carbocycles. The maximum Gasteiger partial charge on any atom is 0.101 e. The predicted octanol–water partition coefficient (Wildman–Crippen LogP) is 7.50. The Kier molecular flexibility index (Phi) is 4.57. The molecule has 38 heavy (non-hydrogen) atoms. The fourth-order valence-corrected chi connectivity index (χ4v) is 5.60. The lowest BCUT2D eigenvalue weighted by Gasteiger charge is -2.12. The summed E-state index contributed by atoms with van der Waals surface area (Å²) in [5.41, 5.74) is 6.94. The highest BCUT2D eigenvalue weighted by Crippen LogP contribution is 2.40. The SMILES string of the molecule is N#Cc1ccc(-n2c3ccccc3c3cc4c5ccccc5n(-c5c(C#N)cccc5C#N)c4cc32)cc1. The van der Waals surface area contributed by atoms with Crippen LogP contribution >= 0.6 is 0 Å². The summed E-state index contributed by atoms with van der Waals surface area (Å²) in [6, 6.07) is 40.4. The van der Waals surface area contributed by atoms with Crippen LogP contribution in [-0.2, 0) is 0 Å². The Morgan fingerprint density at radius 3 is 1.58 bits per heavy atom. The number of hydrogen-bond donors (Lipinski definition) is 0. The molecule has 0 aliphatic rings. The van der Waals surface area contributed by atoms with E-state index >= 15 is 0 Å². The third kappa shape index (κ3) is 2.89. The first-order valence-corrected chi connectivity index (χ1v) is 12.1. The molecule has 0 radical (unpaired) electrons. The summed E-state index contributed by atoms with van der Waals surface area (Å²) in [6.07, 6.45) is 0. The fraction of sp³-hybridized carbons (Fsp3) is 0. The van der Waals surface area contributed by atoms with Crippen molar-refractivity contribution in [2.24, 2.45) is 0 Å². The van der Waals surface area contributed by atoms with Gasteiger partial charge in [-0.15, -0.1) is 0 Å². The third-order valence-corrected chi connectivity index (χ3v) is 7.22. The summed E-state index contributed by atoms with van der Waals surface area (Å²) in [7, 11) is 0. The number of nitriles is 3. The summed E-state index contributed by atoms with van der Waals surface area (Å²) in [6.45, 7) is 0. The molecule has 0 aliphatic heterocycles. The maximum atomic E-state index is 9.98. The number of para-hydroxylation sites is 3. The van der Waals surface area contributed by atoms with E-state index in [0.29, 0.717) is 22.4 Å². The number of rotatable bonds is 2. The molecular weight excluding hydrogens is 466 g/mol. The number of aromatic nitrogens is 2. The first-order chi connectivity index (χ1) is 18.7. The average Bonchev–Trinajstić information content (AvgIpc) is 3.47. The van der Waals surface area contributed by atoms with Gasteiger partial charge in [-0.25, -0.2) is 0 Å². The van der Waals surface area contributed by atoms with Crippen LogP contribution in [0.2, 0.25) is 0 Å². The second kappa shape index (κ2) is 8.10. The summed E-state index contributed by atoms with van der Waals surface area (Å²) >= 11 is 0. The molecule has 0 amide bonds. The Labute approximate surface area is 217 Å². The van der Waals surface area contributed by atoms with E-state index in [1.807, 2.05) is 59.2 Å². The quantitative estimate of drug-likeness (QED) is 0.255. The second-order valence-electron chi connectivity index (χ2n) is 9.18. The highest BCUT2D eigenvalue weighted by atomic mass is 15.0. The van der Waals surface area contributed by atoms with Gasteiger partial charge in [0.05, 0.1) is 50.5 Å². The zero-order chi connectivity index (χ0) is 25.8. The Morgan fingerprint density at radius 2 is 1.00 bits per heavy atom. The van der Waals surface area contributed by atoms with E-state index in [1.54, 1.807) is 18.2 Å². The second-order valence-corrected chi connectivity index (χ2v) is 9.18. The maximum absolute atomic E-state index is 9.98. The number of nitrogens with zero attached hydrogens (tertiary/aromatic N) is 5. The van der Waals surface area contributed by atoms with Crippen molar-refractivity contribution >= 4 is 43.6 Å². The van der Waals surface area contributed by atoms with Crippen molar-refractivity contribution in [3.8, 4) is 29.6 Å². The number of fused-ring (bicyclic) bond motifs is 6. The minimum absolute atomic E-state index is 0.444. The Morgan fingerprint density at radius 1 is 0.447 bits per heavy atom.